The lowest BCUT2D eigenvalue weighted by atomic mass is 9.98. The van der Waals surface area contributed by atoms with Gasteiger partial charge in [0.05, 0.1) is 0 Å². The first-order chi connectivity index (χ1) is 6.84. The van der Waals surface area contributed by atoms with Gasteiger partial charge in [-0.1, -0.05) is 12.1 Å². The zero-order chi connectivity index (χ0) is 9.54. The number of rotatable bonds is 1. The van der Waals surface area contributed by atoms with Crippen LogP contribution in [0.15, 0.2) is 18.2 Å². The second kappa shape index (κ2) is 2.99. The highest BCUT2D eigenvalue weighted by Gasteiger charge is 2.31. The highest BCUT2D eigenvalue weighted by Crippen LogP contribution is 2.32. The molecule has 14 heavy (non-hydrogen) atoms. The van der Waals surface area contributed by atoms with Gasteiger partial charge in [-0.25, -0.2) is 0 Å². The Labute approximate surface area is 84.7 Å². The molecule has 0 aromatic heterocycles. The Kier molecular flexibility index (Phi) is 1.77. The molecule has 0 spiro atoms. The summed E-state index contributed by atoms with van der Waals surface area (Å²) in [4.78, 5) is 2.60. The van der Waals surface area contributed by atoms with E-state index in [9.17, 15) is 0 Å². The van der Waals surface area contributed by atoms with Crippen LogP contribution in [0.2, 0.25) is 0 Å². The predicted molar refractivity (Wildman–Crippen MR) is 58.0 cm³/mol. The van der Waals surface area contributed by atoms with Crippen molar-refractivity contribution in [2.24, 2.45) is 0 Å². The van der Waals surface area contributed by atoms with Gasteiger partial charge in [-0.2, -0.15) is 0 Å². The number of benzene rings is 1. The topological polar surface area (TPSA) is 29.3 Å². The van der Waals surface area contributed by atoms with E-state index in [-0.39, 0.29) is 0 Å². The van der Waals surface area contributed by atoms with Crippen LogP contribution in [0.5, 0.6) is 0 Å². The average molecular weight is 188 g/mol. The number of hydrogen-bond acceptors (Lipinski definition) is 2. The molecule has 0 amide bonds. The fraction of sp³-hybridized carbons (Fsp3) is 0.500. The lowest BCUT2D eigenvalue weighted by Gasteiger charge is -2.29. The monoisotopic (exact) mass is 188 g/mol. The molecule has 74 valence electrons. The third kappa shape index (κ3) is 1.30. The van der Waals surface area contributed by atoms with E-state index in [4.69, 9.17) is 5.73 Å². The molecule has 1 aromatic rings. The van der Waals surface area contributed by atoms with Crippen LogP contribution < -0.4 is 5.73 Å². The van der Waals surface area contributed by atoms with Gasteiger partial charge in [-0.15, -0.1) is 0 Å². The van der Waals surface area contributed by atoms with Crippen molar-refractivity contribution in [3.63, 3.8) is 0 Å². The Balaban J connectivity index is 1.90. The number of nitrogens with zero attached hydrogens (tertiary/aromatic N) is 1. The van der Waals surface area contributed by atoms with Crippen molar-refractivity contribution in [3.8, 4) is 0 Å². The van der Waals surface area contributed by atoms with E-state index in [2.05, 4.69) is 17.0 Å². The molecular formula is C12H16N2. The average Bonchev–Trinajstić information content (AvgIpc) is 3.01. The van der Waals surface area contributed by atoms with Crippen molar-refractivity contribution in [1.82, 2.24) is 4.90 Å². The molecule has 0 unspecified atom stereocenters. The number of anilines is 1. The first-order valence-electron chi connectivity index (χ1n) is 5.45. The van der Waals surface area contributed by atoms with Crippen LogP contribution in [0.1, 0.15) is 24.0 Å². The van der Waals surface area contributed by atoms with E-state index in [1.165, 1.54) is 30.5 Å². The summed E-state index contributed by atoms with van der Waals surface area (Å²) in [5, 5.41) is 0. The van der Waals surface area contributed by atoms with Gasteiger partial charge in [0.2, 0.25) is 0 Å². The minimum atomic E-state index is 0.879. The molecule has 1 aliphatic heterocycles. The number of hydrogen-bond donors (Lipinski definition) is 1. The summed E-state index contributed by atoms with van der Waals surface area (Å²) in [6.07, 6.45) is 3.94. The van der Waals surface area contributed by atoms with Crippen LogP contribution in [0.4, 0.5) is 5.69 Å². The first kappa shape index (κ1) is 8.30. The highest BCUT2D eigenvalue weighted by atomic mass is 15.2. The molecule has 1 saturated carbocycles. The summed E-state index contributed by atoms with van der Waals surface area (Å²) in [5.74, 6) is 0. The molecule has 1 aliphatic carbocycles. The van der Waals surface area contributed by atoms with E-state index in [1.54, 1.807) is 0 Å². The molecule has 2 heteroatoms. The van der Waals surface area contributed by atoms with Gasteiger partial charge in [0.1, 0.15) is 0 Å². The molecule has 0 saturated heterocycles. The van der Waals surface area contributed by atoms with Crippen LogP contribution in [0, 0.1) is 0 Å². The largest absolute Gasteiger partial charge is 0.398 e. The molecule has 1 fully saturated rings. The molecule has 1 aromatic carbocycles. The van der Waals surface area contributed by atoms with Crippen molar-refractivity contribution in [3.05, 3.63) is 29.3 Å². The summed E-state index contributed by atoms with van der Waals surface area (Å²) < 4.78 is 0. The maximum Gasteiger partial charge on any atom is 0.0350 e. The molecule has 3 rings (SSSR count). The van der Waals surface area contributed by atoms with Crippen molar-refractivity contribution in [2.75, 3.05) is 12.3 Å². The minimum Gasteiger partial charge on any atom is -0.398 e. The van der Waals surface area contributed by atoms with Crippen LogP contribution in [-0.4, -0.2) is 17.5 Å². The fourth-order valence-corrected chi connectivity index (χ4v) is 2.41. The van der Waals surface area contributed by atoms with Crippen molar-refractivity contribution in [1.29, 1.82) is 0 Å². The third-order valence-corrected chi connectivity index (χ3v) is 3.39. The summed E-state index contributed by atoms with van der Waals surface area (Å²) in [5.41, 5.74) is 9.78. The lowest BCUT2D eigenvalue weighted by molar-refractivity contribution is 0.244. The van der Waals surface area contributed by atoms with E-state index >= 15 is 0 Å². The maximum atomic E-state index is 5.96. The maximum absolute atomic E-state index is 5.96. The smallest absolute Gasteiger partial charge is 0.0350 e. The molecular weight excluding hydrogens is 172 g/mol. The van der Waals surface area contributed by atoms with Crippen LogP contribution >= 0.6 is 0 Å². The molecule has 2 aliphatic rings. The molecule has 2 N–H and O–H groups in total. The third-order valence-electron chi connectivity index (χ3n) is 3.39. The molecule has 2 nitrogen and oxygen atoms in total. The van der Waals surface area contributed by atoms with Gasteiger partial charge in [0, 0.05) is 24.8 Å². The van der Waals surface area contributed by atoms with Crippen LogP contribution in [0.3, 0.4) is 0 Å². The second-order valence-corrected chi connectivity index (χ2v) is 4.44. The number of fused-ring (bicyclic) bond motifs is 1. The van der Waals surface area contributed by atoms with E-state index in [1.807, 2.05) is 6.07 Å². The standard InChI is InChI=1S/C12H16N2/c13-12-3-1-2-9-8-14(10-4-5-10)7-6-11(9)12/h1-3,10H,4-8,13H2. The summed E-state index contributed by atoms with van der Waals surface area (Å²) in [6.45, 7) is 2.32. The Morgan fingerprint density at radius 3 is 2.93 bits per heavy atom. The Morgan fingerprint density at radius 1 is 1.29 bits per heavy atom. The zero-order valence-corrected chi connectivity index (χ0v) is 8.37. The normalized spacial score (nSPS) is 22.0. The molecule has 0 radical (unpaired) electrons. The number of nitrogen functional groups attached to an aromatic ring is 1. The van der Waals surface area contributed by atoms with Crippen molar-refractivity contribution in [2.45, 2.75) is 31.8 Å². The summed E-state index contributed by atoms with van der Waals surface area (Å²) >= 11 is 0. The minimum absolute atomic E-state index is 0.879. The number of nitrogens with two attached hydrogens (primary N) is 1. The lowest BCUT2D eigenvalue weighted by Crippen LogP contribution is -2.32. The Hall–Kier alpha value is -1.02. The van der Waals surface area contributed by atoms with Gasteiger partial charge >= 0.3 is 0 Å². The Bertz CT molecular complexity index is 355. The SMILES string of the molecule is Nc1cccc2c1CCN(C1CC1)C2. The second-order valence-electron chi connectivity index (χ2n) is 4.44. The van der Waals surface area contributed by atoms with Crippen molar-refractivity contribution < 1.29 is 0 Å². The molecule has 0 bridgehead atoms. The fourth-order valence-electron chi connectivity index (χ4n) is 2.41. The van der Waals surface area contributed by atoms with E-state index < -0.39 is 0 Å². The van der Waals surface area contributed by atoms with E-state index in [0.29, 0.717) is 0 Å². The summed E-state index contributed by atoms with van der Waals surface area (Å²) in [6, 6.07) is 7.20. The summed E-state index contributed by atoms with van der Waals surface area (Å²) in [7, 11) is 0. The van der Waals surface area contributed by atoms with Crippen LogP contribution in [-0.2, 0) is 13.0 Å². The quantitative estimate of drug-likeness (QED) is 0.681. The molecule has 0 atom stereocenters. The molecule has 1 heterocycles. The first-order valence-corrected chi connectivity index (χ1v) is 5.45. The highest BCUT2D eigenvalue weighted by molar-refractivity contribution is 5.51. The van der Waals surface area contributed by atoms with Gasteiger partial charge < -0.3 is 5.73 Å². The van der Waals surface area contributed by atoms with Gasteiger partial charge in [0.15, 0.2) is 0 Å². The van der Waals surface area contributed by atoms with Crippen LogP contribution in [0.25, 0.3) is 0 Å². The Morgan fingerprint density at radius 2 is 2.14 bits per heavy atom. The van der Waals surface area contributed by atoms with Gasteiger partial charge in [-0.05, 0) is 36.5 Å². The zero-order valence-electron chi connectivity index (χ0n) is 8.37. The van der Waals surface area contributed by atoms with Gasteiger partial charge in [0.25, 0.3) is 0 Å². The predicted octanol–water partition coefficient (Wildman–Crippen LogP) is 1.79. The van der Waals surface area contributed by atoms with E-state index in [0.717, 1.165) is 24.7 Å². The van der Waals surface area contributed by atoms with Gasteiger partial charge in [-0.3, -0.25) is 4.90 Å². The van der Waals surface area contributed by atoms with Crippen molar-refractivity contribution >= 4 is 5.69 Å².